The van der Waals surface area contributed by atoms with E-state index in [4.69, 9.17) is 11.6 Å². The molecule has 1 N–H and O–H groups in total. The number of benzene rings is 2. The van der Waals surface area contributed by atoms with Crippen molar-refractivity contribution in [3.63, 3.8) is 0 Å². The third kappa shape index (κ3) is 7.41. The van der Waals surface area contributed by atoms with Crippen LogP contribution in [0.15, 0.2) is 48.5 Å². The van der Waals surface area contributed by atoms with Crippen LogP contribution in [0.2, 0.25) is 5.02 Å². The lowest BCUT2D eigenvalue weighted by Gasteiger charge is -2.33. The number of amides is 2. The Hall–Kier alpha value is -2.65. The van der Waals surface area contributed by atoms with Gasteiger partial charge in [-0.1, -0.05) is 55.1 Å². The van der Waals surface area contributed by atoms with E-state index in [1.807, 2.05) is 0 Å². The van der Waals surface area contributed by atoms with Gasteiger partial charge in [-0.15, -0.1) is 0 Å². The van der Waals surface area contributed by atoms with Crippen molar-refractivity contribution in [3.05, 3.63) is 64.9 Å². The molecule has 0 aromatic heterocycles. The maximum atomic E-state index is 13.5. The highest BCUT2D eigenvalue weighted by atomic mass is 35.5. The molecule has 190 valence electrons. The molecule has 0 aliphatic heterocycles. The van der Waals surface area contributed by atoms with Gasteiger partial charge < -0.3 is 10.2 Å². The van der Waals surface area contributed by atoms with Gasteiger partial charge in [0.15, 0.2) is 0 Å². The second-order valence-corrected chi connectivity index (χ2v) is 11.2. The summed E-state index contributed by atoms with van der Waals surface area (Å²) in [5, 5.41) is 3.21. The molecule has 2 aromatic rings. The minimum Gasteiger partial charge on any atom is -0.352 e. The van der Waals surface area contributed by atoms with Crippen molar-refractivity contribution in [2.45, 2.75) is 57.7 Å². The van der Waals surface area contributed by atoms with Crippen molar-refractivity contribution in [2.75, 3.05) is 17.1 Å². The highest BCUT2D eigenvalue weighted by Gasteiger charge is 2.31. The third-order valence-electron chi connectivity index (χ3n) is 6.19. The first kappa shape index (κ1) is 26.9. The first-order valence-electron chi connectivity index (χ1n) is 11.6. The number of carbonyl (C=O) groups is 2. The van der Waals surface area contributed by atoms with Crippen LogP contribution in [-0.4, -0.2) is 50.0 Å². The number of carbonyl (C=O) groups excluding carboxylic acids is 2. The summed E-state index contributed by atoms with van der Waals surface area (Å²) in [4.78, 5) is 27.9. The van der Waals surface area contributed by atoms with Crippen LogP contribution in [0, 0.1) is 5.82 Å². The number of anilines is 1. The fraction of sp³-hybridized carbons (Fsp3) is 0.440. The van der Waals surface area contributed by atoms with Gasteiger partial charge in [-0.3, -0.25) is 13.9 Å². The summed E-state index contributed by atoms with van der Waals surface area (Å²) in [7, 11) is -3.86. The van der Waals surface area contributed by atoms with E-state index in [9.17, 15) is 22.4 Å². The Morgan fingerprint density at radius 1 is 1.09 bits per heavy atom. The Morgan fingerprint density at radius 2 is 1.71 bits per heavy atom. The zero-order valence-electron chi connectivity index (χ0n) is 19.9. The maximum Gasteiger partial charge on any atom is 0.244 e. The highest BCUT2D eigenvalue weighted by molar-refractivity contribution is 7.92. The van der Waals surface area contributed by atoms with Crippen LogP contribution >= 0.6 is 11.6 Å². The smallest absolute Gasteiger partial charge is 0.244 e. The van der Waals surface area contributed by atoms with Crippen LogP contribution in [0.5, 0.6) is 0 Å². The number of hydrogen-bond donors (Lipinski definition) is 1. The molecule has 2 aromatic carbocycles. The first-order chi connectivity index (χ1) is 16.6. The predicted molar refractivity (Wildman–Crippen MR) is 135 cm³/mol. The monoisotopic (exact) mass is 523 g/mol. The minimum absolute atomic E-state index is 0.0124. The number of hydrogen-bond acceptors (Lipinski definition) is 4. The third-order valence-corrected chi connectivity index (χ3v) is 7.63. The van der Waals surface area contributed by atoms with Crippen LogP contribution in [0.25, 0.3) is 0 Å². The Kier molecular flexibility index (Phi) is 9.13. The molecule has 10 heteroatoms. The summed E-state index contributed by atoms with van der Waals surface area (Å²) in [5.41, 5.74) is 0.784. The van der Waals surface area contributed by atoms with Gasteiger partial charge in [0, 0.05) is 12.6 Å². The van der Waals surface area contributed by atoms with E-state index in [1.165, 1.54) is 41.3 Å². The van der Waals surface area contributed by atoms with Gasteiger partial charge in [-0.25, -0.2) is 12.8 Å². The van der Waals surface area contributed by atoms with Gasteiger partial charge in [0.05, 0.1) is 17.0 Å². The lowest BCUT2D eigenvalue weighted by atomic mass is 9.95. The molecule has 0 bridgehead atoms. The van der Waals surface area contributed by atoms with E-state index in [-0.39, 0.29) is 29.2 Å². The van der Waals surface area contributed by atoms with E-state index in [0.717, 1.165) is 42.7 Å². The van der Waals surface area contributed by atoms with Crippen LogP contribution in [0.4, 0.5) is 10.1 Å². The zero-order valence-corrected chi connectivity index (χ0v) is 21.5. The maximum absolute atomic E-state index is 13.5. The summed E-state index contributed by atoms with van der Waals surface area (Å²) >= 11 is 6.22. The Balaban J connectivity index is 1.87. The van der Waals surface area contributed by atoms with E-state index >= 15 is 0 Å². The van der Waals surface area contributed by atoms with E-state index in [1.54, 1.807) is 19.1 Å². The predicted octanol–water partition coefficient (Wildman–Crippen LogP) is 4.11. The number of para-hydroxylation sites is 1. The fourth-order valence-electron chi connectivity index (χ4n) is 4.19. The number of halogens is 2. The normalized spacial score (nSPS) is 15.3. The van der Waals surface area contributed by atoms with Gasteiger partial charge in [0.1, 0.15) is 18.4 Å². The van der Waals surface area contributed by atoms with Crippen LogP contribution in [-0.2, 0) is 26.2 Å². The van der Waals surface area contributed by atoms with Crippen molar-refractivity contribution in [2.24, 2.45) is 0 Å². The molecule has 1 aliphatic rings. The van der Waals surface area contributed by atoms with Gasteiger partial charge in [-0.2, -0.15) is 0 Å². The molecule has 0 heterocycles. The lowest BCUT2D eigenvalue weighted by molar-refractivity contribution is -0.139. The van der Waals surface area contributed by atoms with Gasteiger partial charge in [-0.05, 0) is 49.6 Å². The van der Waals surface area contributed by atoms with Gasteiger partial charge in [0.25, 0.3) is 0 Å². The summed E-state index contributed by atoms with van der Waals surface area (Å²) in [5.74, 6) is -1.31. The number of sulfonamides is 1. The van der Waals surface area contributed by atoms with Crippen molar-refractivity contribution in [1.82, 2.24) is 10.2 Å². The van der Waals surface area contributed by atoms with Crippen LogP contribution in [0.3, 0.4) is 0 Å². The highest BCUT2D eigenvalue weighted by Crippen LogP contribution is 2.27. The summed E-state index contributed by atoms with van der Waals surface area (Å²) in [6.45, 7) is 1.09. The summed E-state index contributed by atoms with van der Waals surface area (Å²) in [6, 6.07) is 11.1. The topological polar surface area (TPSA) is 86.8 Å². The average molecular weight is 524 g/mol. The largest absolute Gasteiger partial charge is 0.352 e. The van der Waals surface area contributed by atoms with Crippen molar-refractivity contribution in [1.29, 1.82) is 0 Å². The fourth-order valence-corrected chi connectivity index (χ4v) is 5.34. The quantitative estimate of drug-likeness (QED) is 0.536. The first-order valence-corrected chi connectivity index (χ1v) is 13.9. The molecule has 0 unspecified atom stereocenters. The molecule has 1 atom stereocenters. The van der Waals surface area contributed by atoms with E-state index in [0.29, 0.717) is 5.56 Å². The number of rotatable bonds is 9. The standard InChI is InChI=1S/C25H31ClFN3O4S/c1-18(25(32)28-21-8-4-3-5-9-21)29(16-19-12-14-20(27)15-13-19)24(31)17-30(35(2,33)34)23-11-7-6-10-22(23)26/h6-7,10-15,18,21H,3-5,8-9,16-17H2,1-2H3,(H,28,32)/t18-/m1/s1. The van der Waals surface area contributed by atoms with E-state index in [2.05, 4.69) is 5.32 Å². The summed E-state index contributed by atoms with van der Waals surface area (Å²) < 4.78 is 39.5. The van der Waals surface area contributed by atoms with E-state index < -0.39 is 34.3 Å². The Bertz CT molecular complexity index is 1140. The van der Waals surface area contributed by atoms with Crippen molar-refractivity contribution < 1.29 is 22.4 Å². The van der Waals surface area contributed by atoms with Crippen molar-refractivity contribution in [3.8, 4) is 0 Å². The molecule has 7 nitrogen and oxygen atoms in total. The summed E-state index contributed by atoms with van der Waals surface area (Å²) in [6.07, 6.45) is 5.99. The molecular weight excluding hydrogens is 493 g/mol. The van der Waals surface area contributed by atoms with Crippen LogP contribution < -0.4 is 9.62 Å². The van der Waals surface area contributed by atoms with Crippen LogP contribution in [0.1, 0.15) is 44.6 Å². The second-order valence-electron chi connectivity index (χ2n) is 8.89. The molecule has 0 spiro atoms. The Labute approximate surface area is 211 Å². The van der Waals surface area contributed by atoms with Crippen molar-refractivity contribution >= 4 is 39.1 Å². The molecule has 1 aliphatic carbocycles. The Morgan fingerprint density at radius 3 is 2.31 bits per heavy atom. The lowest BCUT2D eigenvalue weighted by Crippen LogP contribution is -2.53. The molecule has 1 fully saturated rings. The molecular formula is C25H31ClFN3O4S. The molecule has 0 radical (unpaired) electrons. The average Bonchev–Trinajstić information content (AvgIpc) is 2.82. The zero-order chi connectivity index (χ0) is 25.6. The van der Waals surface area contributed by atoms with Gasteiger partial charge in [0.2, 0.25) is 21.8 Å². The molecule has 2 amide bonds. The molecule has 1 saturated carbocycles. The van der Waals surface area contributed by atoms with Gasteiger partial charge >= 0.3 is 0 Å². The minimum atomic E-state index is -3.86. The SMILES string of the molecule is C[C@H](C(=O)NC1CCCCC1)N(Cc1ccc(F)cc1)C(=O)CN(c1ccccc1Cl)S(C)(=O)=O. The molecule has 0 saturated heterocycles. The molecule has 35 heavy (non-hydrogen) atoms. The second kappa shape index (κ2) is 11.9. The number of nitrogens with one attached hydrogen (secondary N) is 1. The number of nitrogens with zero attached hydrogens (tertiary/aromatic N) is 2. The molecule has 3 rings (SSSR count).